The van der Waals surface area contributed by atoms with E-state index >= 15 is 0 Å². The molecule has 1 N–H and O–H groups in total. The van der Waals surface area contributed by atoms with Crippen molar-refractivity contribution in [3.63, 3.8) is 0 Å². The Morgan fingerprint density at radius 1 is 0.778 bits per heavy atom. The highest BCUT2D eigenvalue weighted by Crippen LogP contribution is 2.38. The van der Waals surface area contributed by atoms with E-state index in [4.69, 9.17) is 24.4 Å². The van der Waals surface area contributed by atoms with Crippen molar-refractivity contribution in [2.45, 2.75) is 32.6 Å². The average molecular weight is 371 g/mol. The largest absolute Gasteiger partial charge is 0.493 e. The predicted octanol–water partition coefficient (Wildman–Crippen LogP) is 5.04. The molecule has 2 aromatic carbocycles. The highest BCUT2D eigenvalue weighted by molar-refractivity contribution is 6.12. The van der Waals surface area contributed by atoms with Gasteiger partial charge in [0.15, 0.2) is 23.0 Å². The van der Waals surface area contributed by atoms with Crippen LogP contribution in [0.2, 0.25) is 0 Å². The topological polar surface area (TPSA) is 60.8 Å². The van der Waals surface area contributed by atoms with Crippen LogP contribution in [0.15, 0.2) is 30.3 Å². The van der Waals surface area contributed by atoms with Crippen LogP contribution in [-0.2, 0) is 0 Å². The fraction of sp³-hybridized carbons (Fsp3) is 0.409. The second kappa shape index (κ2) is 9.31. The molecule has 0 amide bonds. The standard InChI is InChI=1S/C22H29NO4/c1-7-14(8-2)16-12-20(26-5)21(27-6)13-17(16)22(23)15-9-10-18(24-3)19(11-15)25-4/h9-14,23H,7-8H2,1-6H3. The summed E-state index contributed by atoms with van der Waals surface area (Å²) in [6.45, 7) is 4.32. The van der Waals surface area contributed by atoms with Crippen molar-refractivity contribution in [3.05, 3.63) is 47.0 Å². The van der Waals surface area contributed by atoms with Gasteiger partial charge in [-0.1, -0.05) is 13.8 Å². The molecule has 0 aliphatic heterocycles. The summed E-state index contributed by atoms with van der Waals surface area (Å²) in [5, 5.41) is 8.86. The zero-order valence-corrected chi connectivity index (χ0v) is 17.0. The van der Waals surface area contributed by atoms with Crippen LogP contribution < -0.4 is 18.9 Å². The number of rotatable bonds is 9. The molecule has 0 fully saturated rings. The number of benzene rings is 2. The lowest BCUT2D eigenvalue weighted by Gasteiger charge is -2.21. The van der Waals surface area contributed by atoms with Crippen LogP contribution in [-0.4, -0.2) is 34.2 Å². The third-order valence-electron chi connectivity index (χ3n) is 4.92. The molecule has 0 aromatic heterocycles. The minimum Gasteiger partial charge on any atom is -0.493 e. The van der Waals surface area contributed by atoms with Gasteiger partial charge in [0.25, 0.3) is 0 Å². The van der Waals surface area contributed by atoms with Gasteiger partial charge in [-0.2, -0.15) is 0 Å². The molecule has 0 unspecified atom stereocenters. The third-order valence-corrected chi connectivity index (χ3v) is 4.92. The smallest absolute Gasteiger partial charge is 0.161 e. The van der Waals surface area contributed by atoms with Gasteiger partial charge in [-0.05, 0) is 54.7 Å². The van der Waals surface area contributed by atoms with Crippen LogP contribution in [0.4, 0.5) is 0 Å². The number of nitrogens with one attached hydrogen (secondary N) is 1. The molecule has 5 heteroatoms. The van der Waals surface area contributed by atoms with E-state index in [1.807, 2.05) is 30.3 Å². The summed E-state index contributed by atoms with van der Waals surface area (Å²) in [5.74, 6) is 2.88. The molecule has 2 aromatic rings. The number of hydrogen-bond acceptors (Lipinski definition) is 5. The van der Waals surface area contributed by atoms with Crippen molar-refractivity contribution < 1.29 is 18.9 Å². The van der Waals surface area contributed by atoms with Gasteiger partial charge < -0.3 is 18.9 Å². The van der Waals surface area contributed by atoms with Gasteiger partial charge in [-0.15, -0.1) is 0 Å². The molecule has 27 heavy (non-hydrogen) atoms. The van der Waals surface area contributed by atoms with E-state index in [0.717, 1.165) is 29.5 Å². The lowest BCUT2D eigenvalue weighted by atomic mass is 9.86. The lowest BCUT2D eigenvalue weighted by molar-refractivity contribution is 0.354. The second-order valence-electron chi connectivity index (χ2n) is 6.25. The zero-order valence-electron chi connectivity index (χ0n) is 17.0. The minimum atomic E-state index is 0.334. The maximum absolute atomic E-state index is 8.86. The second-order valence-corrected chi connectivity index (χ2v) is 6.25. The molecule has 0 spiro atoms. The first kappa shape index (κ1) is 20.6. The molecule has 0 aliphatic rings. The molecule has 0 heterocycles. The Bertz CT molecular complexity index is 797. The van der Waals surface area contributed by atoms with Gasteiger partial charge in [-0.3, -0.25) is 5.41 Å². The van der Waals surface area contributed by atoms with E-state index in [0.29, 0.717) is 34.6 Å². The molecule has 0 bridgehead atoms. The summed E-state index contributed by atoms with van der Waals surface area (Å²) in [5.41, 5.74) is 3.11. The summed E-state index contributed by atoms with van der Waals surface area (Å²) in [4.78, 5) is 0. The molecule has 5 nitrogen and oxygen atoms in total. The summed E-state index contributed by atoms with van der Waals surface area (Å²) in [6, 6.07) is 9.42. The Morgan fingerprint density at radius 2 is 1.30 bits per heavy atom. The summed E-state index contributed by atoms with van der Waals surface area (Å²) >= 11 is 0. The van der Waals surface area contributed by atoms with E-state index in [9.17, 15) is 0 Å². The first-order chi connectivity index (χ1) is 13.0. The Balaban J connectivity index is 2.62. The quantitative estimate of drug-likeness (QED) is 0.627. The summed E-state index contributed by atoms with van der Waals surface area (Å²) < 4.78 is 21.7. The normalized spacial score (nSPS) is 10.6. The zero-order chi connectivity index (χ0) is 20.0. The minimum absolute atomic E-state index is 0.334. The van der Waals surface area contributed by atoms with Gasteiger partial charge in [0, 0.05) is 11.1 Å². The van der Waals surface area contributed by atoms with Gasteiger partial charge in [-0.25, -0.2) is 0 Å². The molecule has 0 saturated heterocycles. The maximum atomic E-state index is 8.86. The Labute approximate surface area is 161 Å². The molecule has 0 atom stereocenters. The third kappa shape index (κ3) is 4.18. The number of hydrogen-bond donors (Lipinski definition) is 1. The van der Waals surface area contributed by atoms with Crippen LogP contribution in [0.3, 0.4) is 0 Å². The highest BCUT2D eigenvalue weighted by atomic mass is 16.5. The molecule has 0 aliphatic carbocycles. The van der Waals surface area contributed by atoms with Crippen molar-refractivity contribution in [2.75, 3.05) is 28.4 Å². The Morgan fingerprint density at radius 3 is 1.81 bits per heavy atom. The molecular weight excluding hydrogens is 342 g/mol. The number of ether oxygens (including phenoxy) is 4. The highest BCUT2D eigenvalue weighted by Gasteiger charge is 2.21. The molecule has 0 saturated carbocycles. The predicted molar refractivity (Wildman–Crippen MR) is 108 cm³/mol. The fourth-order valence-corrected chi connectivity index (χ4v) is 3.32. The summed E-state index contributed by atoms with van der Waals surface area (Å²) in [7, 11) is 6.44. The van der Waals surface area contributed by atoms with E-state index in [2.05, 4.69) is 13.8 Å². The van der Waals surface area contributed by atoms with Crippen LogP contribution in [0.1, 0.15) is 49.3 Å². The SMILES string of the molecule is CCC(CC)c1cc(OC)c(OC)cc1C(=N)c1ccc(OC)c(OC)c1. The van der Waals surface area contributed by atoms with Gasteiger partial charge in [0.05, 0.1) is 34.2 Å². The molecule has 2 rings (SSSR count). The monoisotopic (exact) mass is 371 g/mol. The maximum Gasteiger partial charge on any atom is 0.161 e. The average Bonchev–Trinajstić information content (AvgIpc) is 2.72. The van der Waals surface area contributed by atoms with Crippen LogP contribution in [0, 0.1) is 5.41 Å². The van der Waals surface area contributed by atoms with Crippen LogP contribution in [0.25, 0.3) is 0 Å². The van der Waals surface area contributed by atoms with Gasteiger partial charge >= 0.3 is 0 Å². The first-order valence-electron chi connectivity index (χ1n) is 9.11. The lowest BCUT2D eigenvalue weighted by Crippen LogP contribution is -2.10. The Hall–Kier alpha value is -2.69. The summed E-state index contributed by atoms with van der Waals surface area (Å²) in [6.07, 6.45) is 1.97. The van der Waals surface area contributed by atoms with Crippen LogP contribution in [0.5, 0.6) is 23.0 Å². The van der Waals surface area contributed by atoms with E-state index < -0.39 is 0 Å². The Kier molecular flexibility index (Phi) is 7.11. The van der Waals surface area contributed by atoms with Crippen molar-refractivity contribution in [1.82, 2.24) is 0 Å². The van der Waals surface area contributed by atoms with E-state index in [1.54, 1.807) is 28.4 Å². The fourth-order valence-electron chi connectivity index (χ4n) is 3.32. The van der Waals surface area contributed by atoms with Crippen molar-refractivity contribution in [3.8, 4) is 23.0 Å². The first-order valence-corrected chi connectivity index (χ1v) is 9.11. The van der Waals surface area contributed by atoms with Gasteiger partial charge in [0.1, 0.15) is 0 Å². The molecular formula is C22H29NO4. The number of methoxy groups -OCH3 is 4. The van der Waals surface area contributed by atoms with E-state index in [1.165, 1.54) is 0 Å². The molecule has 146 valence electrons. The molecule has 0 radical (unpaired) electrons. The van der Waals surface area contributed by atoms with Crippen molar-refractivity contribution in [1.29, 1.82) is 5.41 Å². The van der Waals surface area contributed by atoms with Crippen molar-refractivity contribution >= 4 is 5.71 Å². The van der Waals surface area contributed by atoms with Crippen LogP contribution >= 0.6 is 0 Å². The van der Waals surface area contributed by atoms with Crippen molar-refractivity contribution in [2.24, 2.45) is 0 Å². The van der Waals surface area contributed by atoms with Gasteiger partial charge in [0.2, 0.25) is 0 Å². The van der Waals surface area contributed by atoms with E-state index in [-0.39, 0.29) is 0 Å².